The summed E-state index contributed by atoms with van der Waals surface area (Å²) in [5.41, 5.74) is 1.82. The Balaban J connectivity index is 1.25. The van der Waals surface area contributed by atoms with Gasteiger partial charge in [-0.1, -0.05) is 0 Å². The summed E-state index contributed by atoms with van der Waals surface area (Å²) in [6, 6.07) is 9.97. The summed E-state index contributed by atoms with van der Waals surface area (Å²) in [4.78, 5) is 31.3. The molecule has 1 amide bonds. The van der Waals surface area contributed by atoms with E-state index in [-0.39, 0.29) is 5.92 Å². The van der Waals surface area contributed by atoms with Crippen molar-refractivity contribution in [3.63, 3.8) is 0 Å². The summed E-state index contributed by atoms with van der Waals surface area (Å²) in [6.45, 7) is 5.00. The lowest BCUT2D eigenvalue weighted by atomic mass is 9.94. The number of rotatable bonds is 5. The number of hydrogen-bond donors (Lipinski definition) is 2. The Morgan fingerprint density at radius 2 is 1.86 bits per heavy atom. The Morgan fingerprint density at radius 1 is 1.03 bits per heavy atom. The second-order valence-electron chi connectivity index (χ2n) is 9.69. The van der Waals surface area contributed by atoms with Gasteiger partial charge in [-0.15, -0.1) is 0 Å². The zero-order chi connectivity index (χ0) is 25.2. The number of hydrogen-bond acceptors (Lipinski definition) is 8. The lowest BCUT2D eigenvalue weighted by Crippen LogP contribution is -2.50. The second-order valence-corrected chi connectivity index (χ2v) is 9.69. The van der Waals surface area contributed by atoms with Crippen molar-refractivity contribution in [1.29, 1.82) is 0 Å². The number of carbonyl (C=O) groups excluding carboxylic acids is 1. The standard InChI is InChI=1S/C27H31N9O/c1-34-11-6-24(33-34)32-25-17-20(2-8-30-25)23-16-21-18-29-7-3-22(21)26(31-23)35-12-4-19(5-13-35)27(37)36-14-9-28-10-15-36/h2-3,6-8,11,16-19,28H,4-5,9-10,12-15H2,1H3,(H,30,32,33). The molecule has 2 aliphatic heterocycles. The first-order valence-corrected chi connectivity index (χ1v) is 12.9. The molecule has 6 heterocycles. The van der Waals surface area contributed by atoms with E-state index in [1.165, 1.54) is 0 Å². The molecule has 4 aromatic heterocycles. The molecule has 2 fully saturated rings. The molecule has 0 spiro atoms. The van der Waals surface area contributed by atoms with Crippen molar-refractivity contribution in [2.45, 2.75) is 12.8 Å². The topological polar surface area (TPSA) is 104 Å². The van der Waals surface area contributed by atoms with Crippen molar-refractivity contribution >= 4 is 34.1 Å². The molecule has 0 unspecified atom stereocenters. The highest BCUT2D eigenvalue weighted by Crippen LogP contribution is 2.33. The SMILES string of the molecule is Cn1ccc(Nc2cc(-c3cc4cnccc4c(N4CCC(C(=O)N5CCNCC5)CC4)n3)ccn2)n1. The molecule has 2 N–H and O–H groups in total. The van der Waals surface area contributed by atoms with E-state index < -0.39 is 0 Å². The molecule has 2 saturated heterocycles. The van der Waals surface area contributed by atoms with E-state index in [0.29, 0.717) is 11.7 Å². The molecule has 0 radical (unpaired) electrons. The Morgan fingerprint density at radius 3 is 2.65 bits per heavy atom. The fourth-order valence-electron chi connectivity index (χ4n) is 5.22. The number of amides is 1. The molecular formula is C27H31N9O. The Hall–Kier alpha value is -4.05. The molecule has 0 aliphatic carbocycles. The molecule has 0 bridgehead atoms. The van der Waals surface area contributed by atoms with Crippen LogP contribution in [0, 0.1) is 5.92 Å². The molecule has 2 aliphatic rings. The van der Waals surface area contributed by atoms with Gasteiger partial charge in [0, 0.05) is 99.4 Å². The fraction of sp³-hybridized carbons (Fsp3) is 0.370. The maximum atomic E-state index is 13.1. The fourth-order valence-corrected chi connectivity index (χ4v) is 5.22. The summed E-state index contributed by atoms with van der Waals surface area (Å²) < 4.78 is 1.75. The average molecular weight is 498 g/mol. The number of carbonyl (C=O) groups is 1. The van der Waals surface area contributed by atoms with Crippen LogP contribution in [0.15, 0.2) is 55.1 Å². The number of piperidine rings is 1. The van der Waals surface area contributed by atoms with E-state index in [1.807, 2.05) is 54.8 Å². The third-order valence-electron chi connectivity index (χ3n) is 7.21. The van der Waals surface area contributed by atoms with Gasteiger partial charge < -0.3 is 20.4 Å². The van der Waals surface area contributed by atoms with Crippen molar-refractivity contribution < 1.29 is 4.79 Å². The second kappa shape index (κ2) is 10.1. The zero-order valence-electron chi connectivity index (χ0n) is 21.0. The van der Waals surface area contributed by atoms with Gasteiger partial charge in [-0.2, -0.15) is 5.10 Å². The van der Waals surface area contributed by atoms with Crippen LogP contribution in [0.3, 0.4) is 0 Å². The lowest BCUT2D eigenvalue weighted by Gasteiger charge is -2.36. The van der Waals surface area contributed by atoms with Gasteiger partial charge >= 0.3 is 0 Å². The number of pyridine rings is 3. The van der Waals surface area contributed by atoms with Gasteiger partial charge in [0.15, 0.2) is 5.82 Å². The Labute approximate surface area is 215 Å². The molecule has 10 nitrogen and oxygen atoms in total. The van der Waals surface area contributed by atoms with Gasteiger partial charge in [-0.3, -0.25) is 14.5 Å². The smallest absolute Gasteiger partial charge is 0.225 e. The highest BCUT2D eigenvalue weighted by molar-refractivity contribution is 5.94. The molecule has 6 rings (SSSR count). The number of aromatic nitrogens is 5. The van der Waals surface area contributed by atoms with E-state index in [2.05, 4.69) is 36.7 Å². The van der Waals surface area contributed by atoms with Crippen molar-refractivity contribution in [3.05, 3.63) is 55.1 Å². The first-order valence-electron chi connectivity index (χ1n) is 12.9. The maximum absolute atomic E-state index is 13.1. The summed E-state index contributed by atoms with van der Waals surface area (Å²) >= 11 is 0. The van der Waals surface area contributed by atoms with Gasteiger partial charge in [-0.25, -0.2) is 9.97 Å². The normalized spacial score (nSPS) is 16.8. The van der Waals surface area contributed by atoms with Crippen LogP contribution in [0.4, 0.5) is 17.5 Å². The van der Waals surface area contributed by atoms with Crippen LogP contribution < -0.4 is 15.5 Å². The van der Waals surface area contributed by atoms with E-state index >= 15 is 0 Å². The van der Waals surface area contributed by atoms with E-state index in [1.54, 1.807) is 10.9 Å². The molecule has 0 saturated carbocycles. The predicted octanol–water partition coefficient (Wildman–Crippen LogP) is 2.82. The number of nitrogens with zero attached hydrogens (tertiary/aromatic N) is 7. The zero-order valence-corrected chi connectivity index (χ0v) is 21.0. The van der Waals surface area contributed by atoms with Crippen molar-refractivity contribution in [2.24, 2.45) is 13.0 Å². The third kappa shape index (κ3) is 4.97. The number of anilines is 3. The van der Waals surface area contributed by atoms with Crippen LogP contribution in [0.1, 0.15) is 12.8 Å². The molecule has 4 aromatic rings. The number of nitrogens with one attached hydrogen (secondary N) is 2. The number of piperazine rings is 1. The van der Waals surface area contributed by atoms with Gasteiger partial charge in [-0.05, 0) is 37.1 Å². The largest absolute Gasteiger partial charge is 0.356 e. The lowest BCUT2D eigenvalue weighted by molar-refractivity contribution is -0.136. The van der Waals surface area contributed by atoms with E-state index in [0.717, 1.165) is 85.8 Å². The minimum Gasteiger partial charge on any atom is -0.356 e. The van der Waals surface area contributed by atoms with Crippen LogP contribution in [-0.2, 0) is 11.8 Å². The monoisotopic (exact) mass is 497 g/mol. The van der Waals surface area contributed by atoms with E-state index in [4.69, 9.17) is 4.98 Å². The highest BCUT2D eigenvalue weighted by Gasteiger charge is 2.30. The van der Waals surface area contributed by atoms with Gasteiger partial charge in [0.25, 0.3) is 0 Å². The Kier molecular flexibility index (Phi) is 6.40. The van der Waals surface area contributed by atoms with Crippen molar-refractivity contribution in [2.75, 3.05) is 49.5 Å². The third-order valence-corrected chi connectivity index (χ3v) is 7.21. The molecule has 190 valence electrons. The van der Waals surface area contributed by atoms with Crippen LogP contribution in [-0.4, -0.2) is 74.8 Å². The maximum Gasteiger partial charge on any atom is 0.225 e. The van der Waals surface area contributed by atoms with Crippen molar-refractivity contribution in [1.82, 2.24) is 34.9 Å². The molecule has 0 atom stereocenters. The van der Waals surface area contributed by atoms with Gasteiger partial charge in [0.2, 0.25) is 5.91 Å². The van der Waals surface area contributed by atoms with Crippen molar-refractivity contribution in [3.8, 4) is 11.3 Å². The summed E-state index contributed by atoms with van der Waals surface area (Å²) in [5.74, 6) is 2.78. The van der Waals surface area contributed by atoms with Crippen LogP contribution in [0.25, 0.3) is 22.0 Å². The predicted molar refractivity (Wildman–Crippen MR) is 144 cm³/mol. The Bertz CT molecular complexity index is 1400. The summed E-state index contributed by atoms with van der Waals surface area (Å²) in [5, 5.41) is 13.1. The first kappa shape index (κ1) is 23.4. The van der Waals surface area contributed by atoms with Gasteiger partial charge in [0.05, 0.1) is 5.69 Å². The van der Waals surface area contributed by atoms with Crippen LogP contribution >= 0.6 is 0 Å². The minimum atomic E-state index is 0.0888. The number of fused-ring (bicyclic) bond motifs is 1. The number of aryl methyl sites for hydroxylation is 1. The van der Waals surface area contributed by atoms with Crippen LogP contribution in [0.2, 0.25) is 0 Å². The minimum absolute atomic E-state index is 0.0888. The molecule has 0 aromatic carbocycles. The first-order chi connectivity index (χ1) is 18.1. The molecule has 37 heavy (non-hydrogen) atoms. The highest BCUT2D eigenvalue weighted by atomic mass is 16.2. The quantitative estimate of drug-likeness (QED) is 0.434. The van der Waals surface area contributed by atoms with E-state index in [9.17, 15) is 4.79 Å². The van der Waals surface area contributed by atoms with Gasteiger partial charge in [0.1, 0.15) is 11.6 Å². The summed E-state index contributed by atoms with van der Waals surface area (Å²) in [6.07, 6.45) is 9.05. The average Bonchev–Trinajstić information content (AvgIpc) is 3.37. The molecular weight excluding hydrogens is 466 g/mol. The molecule has 10 heteroatoms. The van der Waals surface area contributed by atoms with Crippen LogP contribution in [0.5, 0.6) is 0 Å². The summed E-state index contributed by atoms with van der Waals surface area (Å²) in [7, 11) is 1.88.